The van der Waals surface area contributed by atoms with Crippen molar-refractivity contribution in [2.75, 3.05) is 6.54 Å². The number of amides is 1. The van der Waals surface area contributed by atoms with E-state index in [1.165, 1.54) is 17.7 Å². The Bertz CT molecular complexity index is 391. The van der Waals surface area contributed by atoms with Crippen LogP contribution in [0.3, 0.4) is 0 Å². The quantitative estimate of drug-likeness (QED) is 0.843. The van der Waals surface area contributed by atoms with E-state index in [0.717, 1.165) is 24.3 Å². The van der Waals surface area contributed by atoms with Crippen molar-refractivity contribution in [2.24, 2.45) is 0 Å². The molecule has 1 amide bonds. The number of hydrogen-bond acceptors (Lipinski definition) is 3. The van der Waals surface area contributed by atoms with Crippen LogP contribution >= 0.6 is 11.3 Å². The van der Waals surface area contributed by atoms with Crippen molar-refractivity contribution in [3.05, 3.63) is 21.9 Å². The third-order valence-electron chi connectivity index (χ3n) is 3.17. The molecular formula is C12H16N2OS. The summed E-state index contributed by atoms with van der Waals surface area (Å²) in [6.07, 6.45) is 4.73. The molecule has 1 saturated heterocycles. The van der Waals surface area contributed by atoms with E-state index in [2.05, 4.69) is 16.7 Å². The minimum atomic E-state index is 0.108. The van der Waals surface area contributed by atoms with Gasteiger partial charge in [0.1, 0.15) is 0 Å². The monoisotopic (exact) mass is 236 g/mol. The molecule has 0 aromatic carbocycles. The van der Waals surface area contributed by atoms with Gasteiger partial charge in [-0.3, -0.25) is 4.79 Å². The van der Waals surface area contributed by atoms with Crippen molar-refractivity contribution in [3.8, 4) is 0 Å². The molecule has 2 fully saturated rings. The van der Waals surface area contributed by atoms with Crippen LogP contribution in [0.2, 0.25) is 0 Å². The summed E-state index contributed by atoms with van der Waals surface area (Å²) >= 11 is 1.63. The van der Waals surface area contributed by atoms with Crippen LogP contribution in [-0.4, -0.2) is 18.5 Å². The van der Waals surface area contributed by atoms with Gasteiger partial charge in [0, 0.05) is 17.0 Å². The van der Waals surface area contributed by atoms with E-state index in [0.29, 0.717) is 12.1 Å². The second-order valence-electron chi connectivity index (χ2n) is 4.60. The lowest BCUT2D eigenvalue weighted by Gasteiger charge is -2.05. The van der Waals surface area contributed by atoms with Crippen LogP contribution in [-0.2, 0) is 0 Å². The van der Waals surface area contributed by atoms with Crippen LogP contribution < -0.4 is 10.6 Å². The normalized spacial score (nSPS) is 24.6. The molecule has 1 saturated carbocycles. The smallest absolute Gasteiger partial charge is 0.261 e. The number of nitrogens with one attached hydrogen (secondary N) is 2. The van der Waals surface area contributed by atoms with Gasteiger partial charge in [-0.15, -0.1) is 11.3 Å². The van der Waals surface area contributed by atoms with E-state index in [1.807, 2.05) is 6.07 Å². The summed E-state index contributed by atoms with van der Waals surface area (Å²) in [4.78, 5) is 14.0. The predicted octanol–water partition coefficient (Wildman–Crippen LogP) is 2.06. The number of carbonyl (C=O) groups is 1. The molecule has 0 radical (unpaired) electrons. The molecule has 2 heterocycles. The Balaban J connectivity index is 1.68. The molecule has 3 rings (SSSR count). The molecule has 1 aromatic heterocycles. The maximum absolute atomic E-state index is 11.8. The first-order valence-corrected chi connectivity index (χ1v) is 6.78. The molecule has 2 N–H and O–H groups in total. The summed E-state index contributed by atoms with van der Waals surface area (Å²) in [6.45, 7) is 1.10. The van der Waals surface area contributed by atoms with Gasteiger partial charge in [0.05, 0.1) is 4.88 Å². The molecule has 0 bridgehead atoms. The van der Waals surface area contributed by atoms with E-state index >= 15 is 0 Å². The minimum absolute atomic E-state index is 0.108. The van der Waals surface area contributed by atoms with Gasteiger partial charge in [0.15, 0.2) is 0 Å². The molecule has 2 aliphatic rings. The van der Waals surface area contributed by atoms with E-state index < -0.39 is 0 Å². The van der Waals surface area contributed by atoms with E-state index in [-0.39, 0.29) is 5.91 Å². The highest BCUT2D eigenvalue weighted by Gasteiger charge is 2.25. The van der Waals surface area contributed by atoms with Crippen LogP contribution in [0.1, 0.15) is 46.3 Å². The van der Waals surface area contributed by atoms with Crippen molar-refractivity contribution in [1.82, 2.24) is 10.6 Å². The van der Waals surface area contributed by atoms with Crippen molar-refractivity contribution in [3.63, 3.8) is 0 Å². The largest absolute Gasteiger partial charge is 0.349 e. The molecule has 86 valence electrons. The SMILES string of the molecule is O=C(NC1CC1)c1ccc(C2CCCN2)s1. The van der Waals surface area contributed by atoms with E-state index in [4.69, 9.17) is 0 Å². The maximum atomic E-state index is 11.8. The summed E-state index contributed by atoms with van der Waals surface area (Å²) in [5.74, 6) is 0.108. The topological polar surface area (TPSA) is 41.1 Å². The number of hydrogen-bond donors (Lipinski definition) is 2. The second kappa shape index (κ2) is 4.18. The average molecular weight is 236 g/mol. The van der Waals surface area contributed by atoms with Crippen LogP contribution in [0.15, 0.2) is 12.1 Å². The summed E-state index contributed by atoms with van der Waals surface area (Å²) in [5.41, 5.74) is 0. The van der Waals surface area contributed by atoms with Crippen LogP contribution in [0.4, 0.5) is 0 Å². The van der Waals surface area contributed by atoms with Crippen LogP contribution in [0.25, 0.3) is 0 Å². The van der Waals surface area contributed by atoms with Gasteiger partial charge in [-0.25, -0.2) is 0 Å². The summed E-state index contributed by atoms with van der Waals surface area (Å²) < 4.78 is 0. The molecule has 4 heteroatoms. The van der Waals surface area contributed by atoms with E-state index in [9.17, 15) is 4.79 Å². The number of carbonyl (C=O) groups excluding carboxylic acids is 1. The van der Waals surface area contributed by atoms with Gasteiger partial charge in [-0.05, 0) is 44.4 Å². The van der Waals surface area contributed by atoms with E-state index in [1.54, 1.807) is 11.3 Å². The lowest BCUT2D eigenvalue weighted by molar-refractivity contribution is 0.0955. The Labute approximate surface area is 99.2 Å². The first-order chi connectivity index (χ1) is 7.83. The second-order valence-corrected chi connectivity index (χ2v) is 5.71. The first-order valence-electron chi connectivity index (χ1n) is 5.97. The summed E-state index contributed by atoms with van der Waals surface area (Å²) in [6, 6.07) is 4.97. The van der Waals surface area contributed by atoms with Crippen LogP contribution in [0, 0.1) is 0 Å². The van der Waals surface area contributed by atoms with Crippen molar-refractivity contribution in [1.29, 1.82) is 0 Å². The maximum Gasteiger partial charge on any atom is 0.261 e. The first kappa shape index (κ1) is 10.3. The Morgan fingerprint density at radius 2 is 2.25 bits per heavy atom. The molecular weight excluding hydrogens is 220 g/mol. The zero-order chi connectivity index (χ0) is 11.0. The highest BCUT2D eigenvalue weighted by atomic mass is 32.1. The average Bonchev–Trinajstić information content (AvgIpc) is 2.84. The Morgan fingerprint density at radius 1 is 1.38 bits per heavy atom. The molecule has 1 aliphatic carbocycles. The highest BCUT2D eigenvalue weighted by Crippen LogP contribution is 2.29. The molecule has 1 unspecified atom stereocenters. The fraction of sp³-hybridized carbons (Fsp3) is 0.583. The molecule has 0 spiro atoms. The van der Waals surface area contributed by atoms with Crippen molar-refractivity contribution >= 4 is 17.2 Å². The molecule has 1 aliphatic heterocycles. The minimum Gasteiger partial charge on any atom is -0.349 e. The van der Waals surface area contributed by atoms with Crippen molar-refractivity contribution in [2.45, 2.75) is 37.8 Å². The van der Waals surface area contributed by atoms with Gasteiger partial charge < -0.3 is 10.6 Å². The van der Waals surface area contributed by atoms with Gasteiger partial charge in [0.2, 0.25) is 0 Å². The molecule has 16 heavy (non-hydrogen) atoms. The Kier molecular flexibility index (Phi) is 2.69. The van der Waals surface area contributed by atoms with Crippen LogP contribution in [0.5, 0.6) is 0 Å². The standard InChI is InChI=1S/C12H16N2OS/c15-12(14-8-3-4-8)11-6-5-10(16-11)9-2-1-7-13-9/h5-6,8-9,13H,1-4,7H2,(H,14,15). The third-order valence-corrected chi connectivity index (χ3v) is 4.36. The van der Waals surface area contributed by atoms with Gasteiger partial charge in [-0.2, -0.15) is 0 Å². The summed E-state index contributed by atoms with van der Waals surface area (Å²) in [7, 11) is 0. The van der Waals surface area contributed by atoms with Gasteiger partial charge in [-0.1, -0.05) is 0 Å². The Hall–Kier alpha value is -0.870. The van der Waals surface area contributed by atoms with Gasteiger partial charge >= 0.3 is 0 Å². The fourth-order valence-corrected chi connectivity index (χ4v) is 3.09. The van der Waals surface area contributed by atoms with Crippen molar-refractivity contribution < 1.29 is 4.79 Å². The highest BCUT2D eigenvalue weighted by molar-refractivity contribution is 7.14. The summed E-state index contributed by atoms with van der Waals surface area (Å²) in [5, 5.41) is 6.48. The molecule has 1 aromatic rings. The predicted molar refractivity (Wildman–Crippen MR) is 64.8 cm³/mol. The zero-order valence-electron chi connectivity index (χ0n) is 9.16. The fourth-order valence-electron chi connectivity index (χ4n) is 2.07. The lowest BCUT2D eigenvalue weighted by atomic mass is 10.2. The Morgan fingerprint density at radius 3 is 2.94 bits per heavy atom. The lowest BCUT2D eigenvalue weighted by Crippen LogP contribution is -2.24. The van der Waals surface area contributed by atoms with Gasteiger partial charge in [0.25, 0.3) is 5.91 Å². The molecule has 1 atom stereocenters. The molecule has 3 nitrogen and oxygen atoms in total. The number of rotatable bonds is 3. The number of thiophene rings is 1. The third kappa shape index (κ3) is 2.13. The zero-order valence-corrected chi connectivity index (χ0v) is 9.98.